The molecule has 0 aliphatic rings. The van der Waals surface area contributed by atoms with E-state index in [2.05, 4.69) is 6.92 Å². The van der Waals surface area contributed by atoms with Gasteiger partial charge in [0.15, 0.2) is 5.78 Å². The summed E-state index contributed by atoms with van der Waals surface area (Å²) < 4.78 is 0. The van der Waals surface area contributed by atoms with Gasteiger partial charge in [0.25, 0.3) is 0 Å². The summed E-state index contributed by atoms with van der Waals surface area (Å²) in [5.41, 5.74) is 1.89. The van der Waals surface area contributed by atoms with Gasteiger partial charge in [-0.3, -0.25) is 9.69 Å². The molecule has 0 aliphatic heterocycles. The number of aryl methyl sites for hydroxylation is 2. The SMILES string of the molecule is Cc1cc(C(=O)CN(C)C(C)c2ccccc2Cl)c(C)s1. The van der Waals surface area contributed by atoms with Crippen molar-refractivity contribution in [3.8, 4) is 0 Å². The number of likely N-dealkylation sites (N-methyl/N-ethyl adjacent to an activating group) is 1. The average molecular weight is 322 g/mol. The van der Waals surface area contributed by atoms with Crippen molar-refractivity contribution < 1.29 is 4.79 Å². The van der Waals surface area contributed by atoms with E-state index in [1.165, 1.54) is 4.88 Å². The molecule has 1 aromatic carbocycles. The molecule has 4 heteroatoms. The number of Topliss-reactive ketones (excluding diaryl/α,β-unsaturated/α-hetero) is 1. The Morgan fingerprint density at radius 2 is 2.00 bits per heavy atom. The van der Waals surface area contributed by atoms with Crippen LogP contribution in [0.4, 0.5) is 0 Å². The molecule has 0 radical (unpaired) electrons. The number of hydrogen-bond acceptors (Lipinski definition) is 3. The first kappa shape index (κ1) is 16.2. The Morgan fingerprint density at radius 3 is 2.57 bits per heavy atom. The molecule has 0 fully saturated rings. The minimum atomic E-state index is 0.0997. The maximum absolute atomic E-state index is 12.4. The van der Waals surface area contributed by atoms with Crippen LogP contribution in [0.15, 0.2) is 30.3 Å². The average Bonchev–Trinajstić information content (AvgIpc) is 2.77. The van der Waals surface area contributed by atoms with Gasteiger partial charge in [-0.2, -0.15) is 0 Å². The molecule has 2 aromatic rings. The normalized spacial score (nSPS) is 12.7. The standard InChI is InChI=1S/C17H20ClNOS/c1-11-9-15(13(3)21-11)17(20)10-19(4)12(2)14-7-5-6-8-16(14)18/h5-9,12H,10H2,1-4H3. The van der Waals surface area contributed by atoms with Crippen LogP contribution in [0.25, 0.3) is 0 Å². The third-order valence-corrected chi connectivity index (χ3v) is 5.06. The Balaban J connectivity index is 2.11. The van der Waals surface area contributed by atoms with Crippen LogP contribution in [0.3, 0.4) is 0 Å². The monoisotopic (exact) mass is 321 g/mol. The van der Waals surface area contributed by atoms with E-state index in [0.29, 0.717) is 6.54 Å². The van der Waals surface area contributed by atoms with E-state index in [1.54, 1.807) is 11.3 Å². The molecule has 0 aliphatic carbocycles. The van der Waals surface area contributed by atoms with Gasteiger partial charge < -0.3 is 0 Å². The lowest BCUT2D eigenvalue weighted by molar-refractivity contribution is 0.0924. The van der Waals surface area contributed by atoms with Gasteiger partial charge in [-0.05, 0) is 45.5 Å². The third kappa shape index (κ3) is 3.73. The lowest BCUT2D eigenvalue weighted by atomic mass is 10.1. The van der Waals surface area contributed by atoms with Crippen molar-refractivity contribution in [3.63, 3.8) is 0 Å². The van der Waals surface area contributed by atoms with Crippen molar-refractivity contribution in [2.45, 2.75) is 26.8 Å². The van der Waals surface area contributed by atoms with Crippen molar-refractivity contribution in [1.29, 1.82) is 0 Å². The Labute approximate surface area is 135 Å². The molecule has 0 bridgehead atoms. The first-order chi connectivity index (χ1) is 9.90. The van der Waals surface area contributed by atoms with E-state index in [0.717, 1.165) is 21.0 Å². The largest absolute Gasteiger partial charge is 0.293 e. The van der Waals surface area contributed by atoms with Gasteiger partial charge >= 0.3 is 0 Å². The van der Waals surface area contributed by atoms with Gasteiger partial charge in [0.2, 0.25) is 0 Å². The predicted molar refractivity (Wildman–Crippen MR) is 90.6 cm³/mol. The number of benzene rings is 1. The summed E-state index contributed by atoms with van der Waals surface area (Å²) in [6.45, 7) is 6.50. The van der Waals surface area contributed by atoms with Gasteiger partial charge in [0.1, 0.15) is 0 Å². The fourth-order valence-electron chi connectivity index (χ4n) is 2.41. The highest BCUT2D eigenvalue weighted by Crippen LogP contribution is 2.27. The zero-order valence-corrected chi connectivity index (χ0v) is 14.4. The lowest BCUT2D eigenvalue weighted by Gasteiger charge is -2.25. The second-order valence-corrected chi connectivity index (χ2v) is 7.23. The molecular weight excluding hydrogens is 302 g/mol. The second kappa shape index (κ2) is 6.73. The molecule has 2 nitrogen and oxygen atoms in total. The molecule has 1 aromatic heterocycles. The predicted octanol–water partition coefficient (Wildman–Crippen LogP) is 4.89. The summed E-state index contributed by atoms with van der Waals surface area (Å²) in [7, 11) is 1.96. The number of rotatable bonds is 5. The number of carbonyl (C=O) groups excluding carboxylic acids is 1. The van der Waals surface area contributed by atoms with Gasteiger partial charge in [0, 0.05) is 26.4 Å². The number of ketones is 1. The molecule has 112 valence electrons. The van der Waals surface area contributed by atoms with Crippen LogP contribution >= 0.6 is 22.9 Å². The number of thiophene rings is 1. The summed E-state index contributed by atoms with van der Waals surface area (Å²) in [6, 6.07) is 9.86. The minimum Gasteiger partial charge on any atom is -0.293 e. The molecule has 0 saturated heterocycles. The van der Waals surface area contributed by atoms with Crippen LogP contribution in [0.5, 0.6) is 0 Å². The topological polar surface area (TPSA) is 20.3 Å². The maximum atomic E-state index is 12.4. The third-order valence-electron chi connectivity index (χ3n) is 3.75. The summed E-state index contributed by atoms with van der Waals surface area (Å²) in [4.78, 5) is 16.8. The minimum absolute atomic E-state index is 0.0997. The summed E-state index contributed by atoms with van der Waals surface area (Å²) in [5, 5.41) is 0.742. The van der Waals surface area contributed by atoms with Crippen LogP contribution in [0.2, 0.25) is 5.02 Å². The molecule has 0 saturated carbocycles. The molecule has 0 N–H and O–H groups in total. The number of halogens is 1. The van der Waals surface area contributed by atoms with Crippen LogP contribution in [-0.2, 0) is 0 Å². The van der Waals surface area contributed by atoms with E-state index < -0.39 is 0 Å². The van der Waals surface area contributed by atoms with Crippen molar-refractivity contribution in [3.05, 3.63) is 56.2 Å². The Bertz CT molecular complexity index is 650. The zero-order chi connectivity index (χ0) is 15.6. The molecule has 1 atom stereocenters. The highest BCUT2D eigenvalue weighted by Gasteiger charge is 2.19. The maximum Gasteiger partial charge on any atom is 0.177 e. The molecule has 0 spiro atoms. The Hall–Kier alpha value is -1.16. The zero-order valence-electron chi connectivity index (χ0n) is 12.8. The second-order valence-electron chi connectivity index (χ2n) is 5.36. The smallest absolute Gasteiger partial charge is 0.177 e. The molecular formula is C17H20ClNOS. The lowest BCUT2D eigenvalue weighted by Crippen LogP contribution is -2.29. The van der Waals surface area contributed by atoms with Crippen molar-refractivity contribution >= 4 is 28.7 Å². The van der Waals surface area contributed by atoms with Gasteiger partial charge in [-0.25, -0.2) is 0 Å². The van der Waals surface area contributed by atoms with Gasteiger partial charge in [-0.15, -0.1) is 11.3 Å². The molecule has 21 heavy (non-hydrogen) atoms. The summed E-state index contributed by atoms with van der Waals surface area (Å²) >= 11 is 7.91. The van der Waals surface area contributed by atoms with Crippen molar-refractivity contribution in [2.75, 3.05) is 13.6 Å². The summed E-state index contributed by atoms with van der Waals surface area (Å²) in [5.74, 6) is 0.165. The summed E-state index contributed by atoms with van der Waals surface area (Å²) in [6.07, 6.45) is 0. The Kier molecular flexibility index (Phi) is 5.20. The van der Waals surface area contributed by atoms with Crippen LogP contribution in [0.1, 0.15) is 38.6 Å². The first-order valence-corrected chi connectivity index (χ1v) is 8.14. The highest BCUT2D eigenvalue weighted by atomic mass is 35.5. The van der Waals surface area contributed by atoms with Crippen molar-refractivity contribution in [1.82, 2.24) is 4.90 Å². The molecule has 2 rings (SSSR count). The molecule has 1 unspecified atom stereocenters. The van der Waals surface area contributed by atoms with Crippen molar-refractivity contribution in [2.24, 2.45) is 0 Å². The highest BCUT2D eigenvalue weighted by molar-refractivity contribution is 7.12. The first-order valence-electron chi connectivity index (χ1n) is 6.95. The van der Waals surface area contributed by atoms with Gasteiger partial charge in [-0.1, -0.05) is 29.8 Å². The van der Waals surface area contributed by atoms with E-state index >= 15 is 0 Å². The molecule has 0 amide bonds. The number of carbonyl (C=O) groups is 1. The quantitative estimate of drug-likeness (QED) is 0.730. The van der Waals surface area contributed by atoms with Crippen LogP contribution in [-0.4, -0.2) is 24.3 Å². The fourth-order valence-corrected chi connectivity index (χ4v) is 3.64. The number of hydrogen-bond donors (Lipinski definition) is 0. The van der Waals surface area contributed by atoms with Crippen LogP contribution < -0.4 is 0 Å². The van der Waals surface area contributed by atoms with Crippen LogP contribution in [0, 0.1) is 13.8 Å². The Morgan fingerprint density at radius 1 is 1.33 bits per heavy atom. The van der Waals surface area contributed by atoms with E-state index in [1.807, 2.05) is 56.1 Å². The van der Waals surface area contributed by atoms with Gasteiger partial charge in [0.05, 0.1) is 6.54 Å². The van der Waals surface area contributed by atoms with E-state index in [-0.39, 0.29) is 11.8 Å². The van der Waals surface area contributed by atoms with E-state index in [4.69, 9.17) is 11.6 Å². The van der Waals surface area contributed by atoms with E-state index in [9.17, 15) is 4.79 Å². The molecule has 1 heterocycles. The number of nitrogens with zero attached hydrogens (tertiary/aromatic N) is 1. The fraction of sp³-hybridized carbons (Fsp3) is 0.353.